The molecule has 0 unspecified atom stereocenters. The third-order valence-electron chi connectivity index (χ3n) is 4.97. The Labute approximate surface area is 164 Å². The molecule has 0 spiro atoms. The fourth-order valence-corrected chi connectivity index (χ4v) is 3.29. The molecule has 0 radical (unpaired) electrons. The molecular formula is C24H23N3O. The standard InChI is InChI=1S/C24H23N3O/c1-24(2,3)18-9-11-20-16(14-18)8-10-22(27-20)23(28)26-15-17-12-13-25-21-7-5-4-6-19(17)21/h4-14H,15H2,1-3H3,(H,26,28). The molecule has 0 fully saturated rings. The summed E-state index contributed by atoms with van der Waals surface area (Å²) in [5.74, 6) is -0.178. The van der Waals surface area contributed by atoms with Crippen LogP contribution in [0.15, 0.2) is 66.9 Å². The van der Waals surface area contributed by atoms with Crippen LogP contribution in [0.25, 0.3) is 21.8 Å². The van der Waals surface area contributed by atoms with E-state index in [0.717, 1.165) is 27.4 Å². The van der Waals surface area contributed by atoms with Crippen LogP contribution in [0.5, 0.6) is 0 Å². The highest BCUT2D eigenvalue weighted by molar-refractivity contribution is 5.95. The topological polar surface area (TPSA) is 54.9 Å². The van der Waals surface area contributed by atoms with E-state index in [1.165, 1.54) is 5.56 Å². The summed E-state index contributed by atoms with van der Waals surface area (Å²) < 4.78 is 0. The first kappa shape index (κ1) is 18.1. The molecule has 2 aromatic heterocycles. The molecule has 0 saturated heterocycles. The predicted molar refractivity (Wildman–Crippen MR) is 113 cm³/mol. The van der Waals surface area contributed by atoms with Crippen LogP contribution in [0.4, 0.5) is 0 Å². The molecule has 4 heteroatoms. The maximum atomic E-state index is 12.6. The Balaban J connectivity index is 1.55. The van der Waals surface area contributed by atoms with Gasteiger partial charge in [-0.3, -0.25) is 9.78 Å². The molecule has 0 saturated carbocycles. The number of rotatable bonds is 3. The summed E-state index contributed by atoms with van der Waals surface area (Å²) in [4.78, 5) is 21.5. The van der Waals surface area contributed by atoms with E-state index in [0.29, 0.717) is 12.2 Å². The quantitative estimate of drug-likeness (QED) is 0.552. The molecule has 2 aromatic carbocycles. The van der Waals surface area contributed by atoms with E-state index >= 15 is 0 Å². The highest BCUT2D eigenvalue weighted by Gasteiger charge is 2.15. The van der Waals surface area contributed by atoms with Crippen LogP contribution in [-0.2, 0) is 12.0 Å². The van der Waals surface area contributed by atoms with E-state index in [-0.39, 0.29) is 11.3 Å². The highest BCUT2D eigenvalue weighted by Crippen LogP contribution is 2.25. The van der Waals surface area contributed by atoms with Gasteiger partial charge in [0.2, 0.25) is 0 Å². The number of hydrogen-bond donors (Lipinski definition) is 1. The molecule has 0 aliphatic rings. The van der Waals surface area contributed by atoms with Crippen molar-refractivity contribution in [3.8, 4) is 0 Å². The van der Waals surface area contributed by atoms with Gasteiger partial charge in [-0.15, -0.1) is 0 Å². The Morgan fingerprint density at radius 1 is 0.964 bits per heavy atom. The van der Waals surface area contributed by atoms with Crippen molar-refractivity contribution in [3.63, 3.8) is 0 Å². The number of carbonyl (C=O) groups excluding carboxylic acids is 1. The largest absolute Gasteiger partial charge is 0.347 e. The third-order valence-corrected chi connectivity index (χ3v) is 4.97. The number of hydrogen-bond acceptors (Lipinski definition) is 3. The number of benzene rings is 2. The van der Waals surface area contributed by atoms with Crippen LogP contribution in [0.2, 0.25) is 0 Å². The monoisotopic (exact) mass is 369 g/mol. The Hall–Kier alpha value is -3.27. The van der Waals surface area contributed by atoms with Gasteiger partial charge in [-0.2, -0.15) is 0 Å². The van der Waals surface area contributed by atoms with E-state index in [2.05, 4.69) is 48.2 Å². The number of amides is 1. The predicted octanol–water partition coefficient (Wildman–Crippen LogP) is 5.01. The second-order valence-electron chi connectivity index (χ2n) is 8.02. The van der Waals surface area contributed by atoms with Gasteiger partial charge < -0.3 is 5.32 Å². The van der Waals surface area contributed by atoms with E-state index in [1.807, 2.05) is 42.5 Å². The van der Waals surface area contributed by atoms with Gasteiger partial charge in [0.15, 0.2) is 0 Å². The van der Waals surface area contributed by atoms with Gasteiger partial charge in [0.1, 0.15) is 5.69 Å². The minimum Gasteiger partial charge on any atom is -0.347 e. The molecule has 4 aromatic rings. The van der Waals surface area contributed by atoms with E-state index < -0.39 is 0 Å². The van der Waals surface area contributed by atoms with Crippen molar-refractivity contribution in [3.05, 3.63) is 83.7 Å². The molecule has 1 amide bonds. The minimum atomic E-state index is -0.178. The Bertz CT molecular complexity index is 1170. The van der Waals surface area contributed by atoms with Crippen molar-refractivity contribution in [2.75, 3.05) is 0 Å². The molecule has 4 rings (SSSR count). The zero-order valence-corrected chi connectivity index (χ0v) is 16.4. The molecule has 140 valence electrons. The number of nitrogens with zero attached hydrogens (tertiary/aromatic N) is 2. The number of pyridine rings is 2. The average molecular weight is 369 g/mol. The van der Waals surface area contributed by atoms with Gasteiger partial charge in [0.05, 0.1) is 11.0 Å². The zero-order chi connectivity index (χ0) is 19.7. The molecule has 0 aliphatic carbocycles. The van der Waals surface area contributed by atoms with Crippen molar-refractivity contribution in [1.29, 1.82) is 0 Å². The van der Waals surface area contributed by atoms with Gasteiger partial charge in [-0.05, 0) is 46.9 Å². The third kappa shape index (κ3) is 3.58. The van der Waals surface area contributed by atoms with Crippen LogP contribution < -0.4 is 5.32 Å². The van der Waals surface area contributed by atoms with Crippen molar-refractivity contribution < 1.29 is 4.79 Å². The maximum absolute atomic E-state index is 12.6. The van der Waals surface area contributed by atoms with Gasteiger partial charge >= 0.3 is 0 Å². The normalized spacial score (nSPS) is 11.7. The molecule has 2 heterocycles. The summed E-state index contributed by atoms with van der Waals surface area (Å²) in [6.07, 6.45) is 1.77. The number of para-hydroxylation sites is 1. The summed E-state index contributed by atoms with van der Waals surface area (Å²) in [6, 6.07) is 19.8. The SMILES string of the molecule is CC(C)(C)c1ccc2nc(C(=O)NCc3ccnc4ccccc34)ccc2c1. The lowest BCUT2D eigenvalue weighted by Gasteiger charge is -2.19. The van der Waals surface area contributed by atoms with E-state index in [4.69, 9.17) is 0 Å². The number of nitrogens with one attached hydrogen (secondary N) is 1. The molecule has 1 N–H and O–H groups in total. The van der Waals surface area contributed by atoms with Crippen molar-refractivity contribution >= 4 is 27.7 Å². The molecule has 0 atom stereocenters. The van der Waals surface area contributed by atoms with Crippen LogP contribution >= 0.6 is 0 Å². The maximum Gasteiger partial charge on any atom is 0.270 e. The number of fused-ring (bicyclic) bond motifs is 2. The first-order valence-corrected chi connectivity index (χ1v) is 9.44. The van der Waals surface area contributed by atoms with Crippen LogP contribution in [0.1, 0.15) is 42.4 Å². The van der Waals surface area contributed by atoms with Crippen LogP contribution in [0, 0.1) is 0 Å². The molecular weight excluding hydrogens is 346 g/mol. The van der Waals surface area contributed by atoms with E-state index in [1.54, 1.807) is 12.3 Å². The van der Waals surface area contributed by atoms with Gasteiger partial charge in [0.25, 0.3) is 5.91 Å². The van der Waals surface area contributed by atoms with E-state index in [9.17, 15) is 4.79 Å². The first-order chi connectivity index (χ1) is 13.4. The fraction of sp³-hybridized carbons (Fsp3) is 0.208. The minimum absolute atomic E-state index is 0.0809. The fourth-order valence-electron chi connectivity index (χ4n) is 3.29. The zero-order valence-electron chi connectivity index (χ0n) is 16.4. The Kier molecular flexibility index (Phi) is 4.55. The smallest absolute Gasteiger partial charge is 0.270 e. The first-order valence-electron chi connectivity index (χ1n) is 9.44. The summed E-state index contributed by atoms with van der Waals surface area (Å²) in [5.41, 5.74) is 4.55. The second-order valence-corrected chi connectivity index (χ2v) is 8.02. The molecule has 4 nitrogen and oxygen atoms in total. The number of aromatic nitrogens is 2. The lowest BCUT2D eigenvalue weighted by Crippen LogP contribution is -2.24. The van der Waals surface area contributed by atoms with Crippen molar-refractivity contribution in [2.45, 2.75) is 32.7 Å². The van der Waals surface area contributed by atoms with Crippen molar-refractivity contribution in [2.24, 2.45) is 0 Å². The van der Waals surface area contributed by atoms with Crippen LogP contribution in [-0.4, -0.2) is 15.9 Å². The molecule has 0 aliphatic heterocycles. The summed E-state index contributed by atoms with van der Waals surface area (Å²) in [5, 5.41) is 5.07. The highest BCUT2D eigenvalue weighted by atomic mass is 16.1. The lowest BCUT2D eigenvalue weighted by molar-refractivity contribution is 0.0946. The van der Waals surface area contributed by atoms with Gasteiger partial charge in [0, 0.05) is 23.5 Å². The molecule has 28 heavy (non-hydrogen) atoms. The summed E-state index contributed by atoms with van der Waals surface area (Å²) in [7, 11) is 0. The lowest BCUT2D eigenvalue weighted by atomic mass is 9.86. The molecule has 0 bridgehead atoms. The average Bonchev–Trinajstić information content (AvgIpc) is 2.70. The van der Waals surface area contributed by atoms with Crippen LogP contribution in [0.3, 0.4) is 0 Å². The number of carbonyl (C=O) groups is 1. The van der Waals surface area contributed by atoms with Crippen molar-refractivity contribution in [1.82, 2.24) is 15.3 Å². The second kappa shape index (κ2) is 7.04. The summed E-state index contributed by atoms with van der Waals surface area (Å²) >= 11 is 0. The van der Waals surface area contributed by atoms with Gasteiger partial charge in [-0.1, -0.05) is 51.1 Å². The summed E-state index contributed by atoms with van der Waals surface area (Å²) in [6.45, 7) is 7.00. The Morgan fingerprint density at radius 3 is 2.61 bits per heavy atom. The van der Waals surface area contributed by atoms with Gasteiger partial charge in [-0.25, -0.2) is 4.98 Å². The Morgan fingerprint density at radius 2 is 1.79 bits per heavy atom.